The van der Waals surface area contributed by atoms with Gasteiger partial charge in [0.25, 0.3) is 0 Å². The zero-order chi connectivity index (χ0) is 16.8. The highest BCUT2D eigenvalue weighted by Gasteiger charge is 2.29. The minimum Gasteiger partial charge on any atom is -0.388 e. The minimum atomic E-state index is -0.379. The molecule has 128 valence electrons. The predicted molar refractivity (Wildman–Crippen MR) is 99.9 cm³/mol. The van der Waals surface area contributed by atoms with Crippen LogP contribution in [0.3, 0.4) is 0 Å². The van der Waals surface area contributed by atoms with Crippen LogP contribution in [0.4, 0.5) is 0 Å². The van der Waals surface area contributed by atoms with E-state index in [4.69, 9.17) is 0 Å². The van der Waals surface area contributed by atoms with Crippen LogP contribution in [0.5, 0.6) is 0 Å². The van der Waals surface area contributed by atoms with Gasteiger partial charge in [0.2, 0.25) is 0 Å². The van der Waals surface area contributed by atoms with Crippen molar-refractivity contribution in [1.82, 2.24) is 4.90 Å². The summed E-state index contributed by atoms with van der Waals surface area (Å²) in [4.78, 5) is 2.51. The molecule has 1 saturated heterocycles. The van der Waals surface area contributed by atoms with Gasteiger partial charge in [-0.05, 0) is 56.3 Å². The van der Waals surface area contributed by atoms with E-state index in [-0.39, 0.29) is 6.10 Å². The fourth-order valence-corrected chi connectivity index (χ4v) is 4.09. The van der Waals surface area contributed by atoms with Gasteiger partial charge in [0.15, 0.2) is 0 Å². The van der Waals surface area contributed by atoms with Crippen LogP contribution in [0.1, 0.15) is 42.9 Å². The van der Waals surface area contributed by atoms with Gasteiger partial charge in [-0.25, -0.2) is 0 Å². The zero-order valence-electron chi connectivity index (χ0n) is 14.6. The van der Waals surface area contributed by atoms with Gasteiger partial charge in [-0.2, -0.15) is 0 Å². The number of rotatable bonds is 6. The number of hydrogen-bond acceptors (Lipinski definition) is 2. The summed E-state index contributed by atoms with van der Waals surface area (Å²) in [6.45, 7) is 1.18. The standard InChI is InChI=1S/C22H29NO/c1-23-15-9-8-14-21(23)20(16-18-10-4-2-5-11-18)17-22(24)19-12-6-3-7-13-19/h2-7,10-13,20-22,24H,8-9,14-17H2,1H3/t20?,21-,22+/m1/s1. The summed E-state index contributed by atoms with van der Waals surface area (Å²) in [5, 5.41) is 10.8. The third-order valence-electron chi connectivity index (χ3n) is 5.42. The highest BCUT2D eigenvalue weighted by atomic mass is 16.3. The van der Waals surface area contributed by atoms with Gasteiger partial charge in [0, 0.05) is 6.04 Å². The van der Waals surface area contributed by atoms with Crippen LogP contribution in [-0.2, 0) is 6.42 Å². The molecule has 0 bridgehead atoms. The normalized spacial score (nSPS) is 21.3. The van der Waals surface area contributed by atoms with Crippen molar-refractivity contribution < 1.29 is 5.11 Å². The quantitative estimate of drug-likeness (QED) is 0.849. The van der Waals surface area contributed by atoms with Gasteiger partial charge in [-0.15, -0.1) is 0 Å². The molecule has 1 heterocycles. The highest BCUT2D eigenvalue weighted by molar-refractivity contribution is 5.19. The number of likely N-dealkylation sites (tertiary alicyclic amines) is 1. The fourth-order valence-electron chi connectivity index (χ4n) is 4.09. The van der Waals surface area contributed by atoms with Crippen LogP contribution >= 0.6 is 0 Å². The number of nitrogens with zero attached hydrogens (tertiary/aromatic N) is 1. The molecule has 0 amide bonds. The van der Waals surface area contributed by atoms with Crippen molar-refractivity contribution in [2.24, 2.45) is 5.92 Å². The van der Waals surface area contributed by atoms with Crippen LogP contribution in [-0.4, -0.2) is 29.6 Å². The summed E-state index contributed by atoms with van der Waals surface area (Å²) in [5.41, 5.74) is 2.41. The molecule has 3 rings (SSSR count). The molecule has 2 heteroatoms. The van der Waals surface area contributed by atoms with Gasteiger partial charge in [0.1, 0.15) is 0 Å². The Bertz CT molecular complexity index is 598. The van der Waals surface area contributed by atoms with Crippen LogP contribution < -0.4 is 0 Å². The van der Waals surface area contributed by atoms with Gasteiger partial charge in [-0.3, -0.25) is 0 Å². The van der Waals surface area contributed by atoms with E-state index in [9.17, 15) is 5.11 Å². The first-order valence-corrected chi connectivity index (χ1v) is 9.21. The summed E-state index contributed by atoms with van der Waals surface area (Å²) in [7, 11) is 2.25. The van der Waals surface area contributed by atoms with E-state index in [2.05, 4.69) is 42.3 Å². The van der Waals surface area contributed by atoms with Crippen molar-refractivity contribution in [1.29, 1.82) is 0 Å². The van der Waals surface area contributed by atoms with Crippen molar-refractivity contribution in [3.8, 4) is 0 Å². The van der Waals surface area contributed by atoms with E-state index < -0.39 is 0 Å². The van der Waals surface area contributed by atoms with E-state index in [1.807, 2.05) is 30.3 Å². The third kappa shape index (κ3) is 4.46. The van der Waals surface area contributed by atoms with Crippen LogP contribution in [0, 0.1) is 5.92 Å². The van der Waals surface area contributed by atoms with E-state index in [0.717, 1.165) is 18.4 Å². The Labute approximate surface area is 146 Å². The molecule has 1 aliphatic heterocycles. The molecule has 1 aliphatic rings. The van der Waals surface area contributed by atoms with E-state index in [0.29, 0.717) is 12.0 Å². The van der Waals surface area contributed by atoms with Crippen molar-refractivity contribution in [3.05, 3.63) is 71.8 Å². The maximum atomic E-state index is 10.8. The molecule has 1 unspecified atom stereocenters. The average Bonchev–Trinajstić information content (AvgIpc) is 2.63. The third-order valence-corrected chi connectivity index (χ3v) is 5.42. The fraction of sp³-hybridized carbons (Fsp3) is 0.455. The molecule has 0 aromatic heterocycles. The van der Waals surface area contributed by atoms with E-state index >= 15 is 0 Å². The topological polar surface area (TPSA) is 23.5 Å². The zero-order valence-corrected chi connectivity index (χ0v) is 14.6. The SMILES string of the molecule is CN1CCCC[C@@H]1C(Cc1ccccc1)C[C@H](O)c1ccccc1. The predicted octanol–water partition coefficient (Wildman–Crippen LogP) is 4.45. The molecular formula is C22H29NO. The lowest BCUT2D eigenvalue weighted by molar-refractivity contribution is 0.0775. The van der Waals surface area contributed by atoms with Gasteiger partial charge in [0.05, 0.1) is 6.10 Å². The smallest absolute Gasteiger partial charge is 0.0793 e. The molecule has 2 aromatic rings. The maximum Gasteiger partial charge on any atom is 0.0793 e. The van der Waals surface area contributed by atoms with Crippen LogP contribution in [0.15, 0.2) is 60.7 Å². The van der Waals surface area contributed by atoms with Crippen LogP contribution in [0.2, 0.25) is 0 Å². The molecule has 2 aromatic carbocycles. The monoisotopic (exact) mass is 323 g/mol. The first-order valence-electron chi connectivity index (χ1n) is 9.21. The summed E-state index contributed by atoms with van der Waals surface area (Å²) < 4.78 is 0. The number of benzene rings is 2. The molecule has 1 N–H and O–H groups in total. The molecule has 0 spiro atoms. The second-order valence-electron chi connectivity index (χ2n) is 7.16. The number of hydrogen-bond donors (Lipinski definition) is 1. The summed E-state index contributed by atoms with van der Waals surface area (Å²) in [6.07, 6.45) is 5.34. The first-order chi connectivity index (χ1) is 11.7. The Morgan fingerprint density at radius 2 is 1.67 bits per heavy atom. The van der Waals surface area contributed by atoms with Crippen molar-refractivity contribution in [2.75, 3.05) is 13.6 Å². The van der Waals surface area contributed by atoms with Crippen molar-refractivity contribution in [2.45, 2.75) is 44.2 Å². The molecule has 3 atom stereocenters. The number of piperidine rings is 1. The number of aliphatic hydroxyl groups excluding tert-OH is 1. The summed E-state index contributed by atoms with van der Waals surface area (Å²) in [5.74, 6) is 0.480. The molecule has 2 nitrogen and oxygen atoms in total. The van der Waals surface area contributed by atoms with Crippen LogP contribution in [0.25, 0.3) is 0 Å². The molecule has 1 fully saturated rings. The molecule has 0 radical (unpaired) electrons. The Balaban J connectivity index is 1.76. The van der Waals surface area contributed by atoms with E-state index in [1.54, 1.807) is 0 Å². The van der Waals surface area contributed by atoms with Gasteiger partial charge in [-0.1, -0.05) is 67.1 Å². The van der Waals surface area contributed by atoms with Gasteiger partial charge < -0.3 is 10.0 Å². The first kappa shape index (κ1) is 17.2. The maximum absolute atomic E-state index is 10.8. The Morgan fingerprint density at radius 1 is 1.00 bits per heavy atom. The second kappa shape index (κ2) is 8.46. The Kier molecular flexibility index (Phi) is 6.06. The highest BCUT2D eigenvalue weighted by Crippen LogP contribution is 2.32. The molecule has 0 aliphatic carbocycles. The Hall–Kier alpha value is -1.64. The lowest BCUT2D eigenvalue weighted by atomic mass is 9.81. The van der Waals surface area contributed by atoms with Crippen molar-refractivity contribution >= 4 is 0 Å². The molecule has 24 heavy (non-hydrogen) atoms. The average molecular weight is 323 g/mol. The summed E-state index contributed by atoms with van der Waals surface area (Å²) in [6, 6.07) is 21.4. The van der Waals surface area contributed by atoms with Crippen molar-refractivity contribution in [3.63, 3.8) is 0 Å². The molecular weight excluding hydrogens is 294 g/mol. The largest absolute Gasteiger partial charge is 0.388 e. The molecule has 0 saturated carbocycles. The second-order valence-corrected chi connectivity index (χ2v) is 7.16. The van der Waals surface area contributed by atoms with Gasteiger partial charge >= 0.3 is 0 Å². The lowest BCUT2D eigenvalue weighted by Crippen LogP contribution is -2.42. The van der Waals surface area contributed by atoms with E-state index in [1.165, 1.54) is 31.4 Å². The minimum absolute atomic E-state index is 0.379. The number of aliphatic hydroxyl groups is 1. The lowest BCUT2D eigenvalue weighted by Gasteiger charge is -2.39. The Morgan fingerprint density at radius 3 is 2.33 bits per heavy atom. The summed E-state index contributed by atoms with van der Waals surface area (Å²) >= 11 is 0.